The zero-order valence-electron chi connectivity index (χ0n) is 14.8. The second-order valence-electron chi connectivity index (χ2n) is 5.76. The maximum Gasteiger partial charge on any atom is 0.319 e. The normalized spacial score (nSPS) is 15.7. The number of amides is 1. The van der Waals surface area contributed by atoms with Gasteiger partial charge in [-0.25, -0.2) is 0 Å². The number of piperazine rings is 1. The van der Waals surface area contributed by atoms with Gasteiger partial charge in [0.25, 0.3) is 0 Å². The molecule has 1 aromatic carbocycles. The molecule has 0 aromatic heterocycles. The molecule has 0 atom stereocenters. The predicted molar refractivity (Wildman–Crippen MR) is 99.7 cm³/mol. The number of carbonyl (C=O) groups is 2. The van der Waals surface area contributed by atoms with Crippen LogP contribution in [0.2, 0.25) is 0 Å². The van der Waals surface area contributed by atoms with E-state index in [1.54, 1.807) is 6.08 Å². The summed E-state index contributed by atoms with van der Waals surface area (Å²) in [4.78, 5) is 27.4. The Kier molecular flexibility index (Phi) is 7.22. The first-order valence-electron chi connectivity index (χ1n) is 8.37. The molecule has 6 heteroatoms. The standard InChI is InChI=1S/C19H25N3O3/c1-3-4-5-6-18(23)20-16-7-9-17(10-8-16)22-13-11-21(12-14-22)15-19(24)25-2/h3-10H,11-15H2,1-2H3,(H,20,23). The number of rotatable bonds is 6. The summed E-state index contributed by atoms with van der Waals surface area (Å²) in [5.41, 5.74) is 1.88. The number of carbonyl (C=O) groups excluding carboxylic acids is 2. The molecule has 1 aromatic rings. The zero-order valence-corrected chi connectivity index (χ0v) is 14.8. The van der Waals surface area contributed by atoms with Crippen molar-refractivity contribution in [2.24, 2.45) is 0 Å². The maximum atomic E-state index is 11.7. The summed E-state index contributed by atoms with van der Waals surface area (Å²) < 4.78 is 4.70. The van der Waals surface area contributed by atoms with Gasteiger partial charge in [0.15, 0.2) is 0 Å². The zero-order chi connectivity index (χ0) is 18.1. The second kappa shape index (κ2) is 9.64. The van der Waals surface area contributed by atoms with Crippen LogP contribution in [0, 0.1) is 0 Å². The highest BCUT2D eigenvalue weighted by atomic mass is 16.5. The largest absolute Gasteiger partial charge is 0.468 e. The number of nitrogens with zero attached hydrogens (tertiary/aromatic N) is 2. The number of esters is 1. The highest BCUT2D eigenvalue weighted by Crippen LogP contribution is 2.19. The molecule has 1 heterocycles. The second-order valence-corrected chi connectivity index (χ2v) is 5.76. The summed E-state index contributed by atoms with van der Waals surface area (Å²) in [5.74, 6) is -0.348. The number of hydrogen-bond acceptors (Lipinski definition) is 5. The molecule has 1 fully saturated rings. The molecule has 0 spiro atoms. The molecule has 1 aliphatic rings. The molecule has 134 valence electrons. The molecule has 0 bridgehead atoms. The molecule has 0 saturated carbocycles. The summed E-state index contributed by atoms with van der Waals surface area (Å²) in [5, 5.41) is 2.83. The fourth-order valence-corrected chi connectivity index (χ4v) is 2.60. The van der Waals surface area contributed by atoms with Crippen LogP contribution < -0.4 is 10.2 Å². The fourth-order valence-electron chi connectivity index (χ4n) is 2.60. The third-order valence-corrected chi connectivity index (χ3v) is 4.00. The van der Waals surface area contributed by atoms with Crippen LogP contribution in [-0.4, -0.2) is 56.6 Å². The fraction of sp³-hybridized carbons (Fsp3) is 0.368. The quantitative estimate of drug-likeness (QED) is 0.487. The Balaban J connectivity index is 1.84. The van der Waals surface area contributed by atoms with Gasteiger partial charge >= 0.3 is 5.97 Å². The monoisotopic (exact) mass is 343 g/mol. The molecule has 2 rings (SSSR count). The van der Waals surface area contributed by atoms with E-state index in [0.29, 0.717) is 6.54 Å². The molecule has 1 saturated heterocycles. The summed E-state index contributed by atoms with van der Waals surface area (Å²) in [6.07, 6.45) is 6.87. The third-order valence-electron chi connectivity index (χ3n) is 4.00. The average Bonchev–Trinajstić information content (AvgIpc) is 2.63. The van der Waals surface area contributed by atoms with Crippen molar-refractivity contribution in [1.82, 2.24) is 4.90 Å². The van der Waals surface area contributed by atoms with Crippen molar-refractivity contribution >= 4 is 23.3 Å². The van der Waals surface area contributed by atoms with Gasteiger partial charge < -0.3 is 15.0 Å². The summed E-state index contributed by atoms with van der Waals surface area (Å²) in [7, 11) is 1.41. The van der Waals surface area contributed by atoms with Crippen molar-refractivity contribution < 1.29 is 14.3 Å². The van der Waals surface area contributed by atoms with E-state index in [9.17, 15) is 9.59 Å². The van der Waals surface area contributed by atoms with Crippen LogP contribution in [-0.2, 0) is 14.3 Å². The van der Waals surface area contributed by atoms with Crippen LogP contribution in [0.25, 0.3) is 0 Å². The lowest BCUT2D eigenvalue weighted by atomic mass is 10.2. The molecule has 1 N–H and O–H groups in total. The van der Waals surface area contributed by atoms with E-state index < -0.39 is 0 Å². The summed E-state index contributed by atoms with van der Waals surface area (Å²) in [6, 6.07) is 7.80. The minimum atomic E-state index is -0.197. The van der Waals surface area contributed by atoms with Gasteiger partial charge in [-0.1, -0.05) is 18.2 Å². The van der Waals surface area contributed by atoms with Crippen LogP contribution >= 0.6 is 0 Å². The van der Waals surface area contributed by atoms with Crippen LogP contribution in [0.15, 0.2) is 48.6 Å². The molecular formula is C19H25N3O3. The predicted octanol–water partition coefficient (Wildman–Crippen LogP) is 2.05. The van der Waals surface area contributed by atoms with E-state index in [0.717, 1.165) is 37.6 Å². The number of allylic oxidation sites excluding steroid dienone is 3. The minimum absolute atomic E-state index is 0.151. The van der Waals surface area contributed by atoms with Gasteiger partial charge in [0.05, 0.1) is 13.7 Å². The Morgan fingerprint density at radius 2 is 1.80 bits per heavy atom. The Labute approximate surface area is 148 Å². The first kappa shape index (κ1) is 18.7. The Morgan fingerprint density at radius 1 is 1.12 bits per heavy atom. The van der Waals surface area contributed by atoms with Crippen molar-refractivity contribution in [3.8, 4) is 0 Å². The average molecular weight is 343 g/mol. The Bertz CT molecular complexity index is 630. The van der Waals surface area contributed by atoms with Gasteiger partial charge in [0.1, 0.15) is 0 Å². The molecular weight excluding hydrogens is 318 g/mol. The summed E-state index contributed by atoms with van der Waals surface area (Å²) in [6.45, 7) is 5.60. The minimum Gasteiger partial charge on any atom is -0.468 e. The highest BCUT2D eigenvalue weighted by Gasteiger charge is 2.19. The third kappa shape index (κ3) is 6.08. The molecule has 1 aliphatic heterocycles. The molecule has 0 unspecified atom stereocenters. The van der Waals surface area contributed by atoms with Crippen LogP contribution in [0.1, 0.15) is 6.92 Å². The van der Waals surface area contributed by atoms with E-state index in [4.69, 9.17) is 4.74 Å². The number of benzene rings is 1. The lowest BCUT2D eigenvalue weighted by Gasteiger charge is -2.35. The van der Waals surface area contributed by atoms with Crippen LogP contribution in [0.3, 0.4) is 0 Å². The number of methoxy groups -OCH3 is 1. The van der Waals surface area contributed by atoms with Crippen molar-refractivity contribution in [2.45, 2.75) is 6.92 Å². The van der Waals surface area contributed by atoms with Crippen LogP contribution in [0.4, 0.5) is 11.4 Å². The Hall–Kier alpha value is -2.60. The number of anilines is 2. The molecule has 25 heavy (non-hydrogen) atoms. The molecule has 0 aliphatic carbocycles. The van der Waals surface area contributed by atoms with Crippen molar-refractivity contribution in [3.05, 3.63) is 48.6 Å². The van der Waals surface area contributed by atoms with E-state index in [1.165, 1.54) is 13.2 Å². The summed E-state index contributed by atoms with van der Waals surface area (Å²) >= 11 is 0. The molecule has 0 radical (unpaired) electrons. The Morgan fingerprint density at radius 3 is 2.40 bits per heavy atom. The van der Waals surface area contributed by atoms with Crippen LogP contribution in [0.5, 0.6) is 0 Å². The van der Waals surface area contributed by atoms with Gasteiger partial charge in [0, 0.05) is 43.6 Å². The van der Waals surface area contributed by atoms with Crippen molar-refractivity contribution in [3.63, 3.8) is 0 Å². The van der Waals surface area contributed by atoms with E-state index >= 15 is 0 Å². The first-order chi connectivity index (χ1) is 12.1. The van der Waals surface area contributed by atoms with Gasteiger partial charge in [-0.2, -0.15) is 0 Å². The lowest BCUT2D eigenvalue weighted by molar-refractivity contribution is -0.142. The van der Waals surface area contributed by atoms with E-state index in [2.05, 4.69) is 15.1 Å². The molecule has 1 amide bonds. The van der Waals surface area contributed by atoms with Crippen molar-refractivity contribution in [2.75, 3.05) is 50.1 Å². The first-order valence-corrected chi connectivity index (χ1v) is 8.37. The highest BCUT2D eigenvalue weighted by molar-refractivity contribution is 5.99. The van der Waals surface area contributed by atoms with Gasteiger partial charge in [-0.05, 0) is 31.2 Å². The van der Waals surface area contributed by atoms with Crippen molar-refractivity contribution in [1.29, 1.82) is 0 Å². The lowest BCUT2D eigenvalue weighted by Crippen LogP contribution is -2.48. The maximum absolute atomic E-state index is 11.7. The van der Waals surface area contributed by atoms with Gasteiger partial charge in [-0.3, -0.25) is 14.5 Å². The molecule has 6 nitrogen and oxygen atoms in total. The van der Waals surface area contributed by atoms with E-state index in [-0.39, 0.29) is 11.9 Å². The SMILES string of the molecule is CC=CC=CC(=O)Nc1ccc(N2CCN(CC(=O)OC)CC2)cc1. The number of ether oxygens (including phenoxy) is 1. The topological polar surface area (TPSA) is 61.9 Å². The number of hydrogen-bond donors (Lipinski definition) is 1. The van der Waals surface area contributed by atoms with E-state index in [1.807, 2.05) is 43.3 Å². The smallest absolute Gasteiger partial charge is 0.319 e. The van der Waals surface area contributed by atoms with Gasteiger partial charge in [-0.15, -0.1) is 0 Å². The van der Waals surface area contributed by atoms with Gasteiger partial charge in [0.2, 0.25) is 5.91 Å². The number of nitrogens with one attached hydrogen (secondary N) is 1.